The van der Waals surface area contributed by atoms with E-state index in [9.17, 15) is 4.79 Å². The summed E-state index contributed by atoms with van der Waals surface area (Å²) < 4.78 is 7.66. The van der Waals surface area contributed by atoms with Crippen molar-refractivity contribution < 1.29 is 9.53 Å². The highest BCUT2D eigenvalue weighted by molar-refractivity contribution is 6.30. The average Bonchev–Trinajstić information content (AvgIpc) is 3.05. The Balaban J connectivity index is 1.62. The minimum atomic E-state index is -0.748. The highest BCUT2D eigenvalue weighted by Crippen LogP contribution is 2.27. The molecule has 152 valence electrons. The second kappa shape index (κ2) is 8.16. The minimum Gasteiger partial charge on any atom is -0.464 e. The number of halogens is 1. The monoisotopic (exact) mass is 420 g/mol. The van der Waals surface area contributed by atoms with Crippen LogP contribution in [-0.4, -0.2) is 26.8 Å². The van der Waals surface area contributed by atoms with Crippen molar-refractivity contribution in [2.75, 3.05) is 5.32 Å². The van der Waals surface area contributed by atoms with Gasteiger partial charge in [0.05, 0.1) is 11.4 Å². The number of fused-ring (bicyclic) bond motifs is 1. The average molecular weight is 421 g/mol. The van der Waals surface area contributed by atoms with Crippen LogP contribution in [0.1, 0.15) is 18.2 Å². The summed E-state index contributed by atoms with van der Waals surface area (Å²) in [5.41, 5.74) is 4.08. The minimum absolute atomic E-state index is 0.287. The van der Waals surface area contributed by atoms with Crippen molar-refractivity contribution in [2.45, 2.75) is 26.9 Å². The fourth-order valence-corrected chi connectivity index (χ4v) is 3.52. The van der Waals surface area contributed by atoms with Crippen LogP contribution in [0, 0.1) is 13.8 Å². The lowest BCUT2D eigenvalue weighted by atomic mass is 10.1. The van der Waals surface area contributed by atoms with Crippen LogP contribution in [0.3, 0.4) is 0 Å². The fourth-order valence-electron chi connectivity index (χ4n) is 3.33. The van der Waals surface area contributed by atoms with E-state index in [-0.39, 0.29) is 5.91 Å². The molecular weight excluding hydrogens is 400 g/mol. The molecule has 1 unspecified atom stereocenters. The molecule has 1 N–H and O–H groups in total. The summed E-state index contributed by atoms with van der Waals surface area (Å²) in [5, 5.41) is 8.97. The number of nitrogens with one attached hydrogen (secondary N) is 1. The number of aromatic nitrogens is 3. The Kier molecular flexibility index (Phi) is 5.42. The lowest BCUT2D eigenvalue weighted by Gasteiger charge is -2.15. The molecule has 2 heterocycles. The predicted octanol–water partition coefficient (Wildman–Crippen LogP) is 5.10. The van der Waals surface area contributed by atoms with Crippen LogP contribution in [0.5, 0.6) is 5.88 Å². The van der Waals surface area contributed by atoms with Gasteiger partial charge in [0.1, 0.15) is 0 Å². The summed E-state index contributed by atoms with van der Waals surface area (Å²) in [6, 6.07) is 18.6. The van der Waals surface area contributed by atoms with Crippen LogP contribution in [0.2, 0.25) is 5.02 Å². The van der Waals surface area contributed by atoms with Gasteiger partial charge in [-0.1, -0.05) is 35.9 Å². The summed E-state index contributed by atoms with van der Waals surface area (Å²) in [5.74, 6) is 0.0791. The van der Waals surface area contributed by atoms with Crippen molar-refractivity contribution in [2.24, 2.45) is 0 Å². The molecule has 0 aliphatic heterocycles. The number of pyridine rings is 1. The maximum atomic E-state index is 12.5. The van der Waals surface area contributed by atoms with Gasteiger partial charge in [-0.25, -0.2) is 4.68 Å². The zero-order valence-corrected chi connectivity index (χ0v) is 17.6. The zero-order chi connectivity index (χ0) is 21.3. The standard InChI is InChI=1S/C23H21ClN4O2/c1-14-12-20(30-16(3)23(29)25-18-9-7-8-17(24)13-18)26-22-21(14)15(2)27-28(22)19-10-5-4-6-11-19/h4-13,16H,1-3H3,(H,25,29). The van der Waals surface area contributed by atoms with Gasteiger partial charge in [-0.05, 0) is 56.7 Å². The first kappa shape index (κ1) is 19.9. The number of carbonyl (C=O) groups excluding carboxylic acids is 1. The first-order chi connectivity index (χ1) is 14.4. The second-order valence-corrected chi connectivity index (χ2v) is 7.50. The highest BCUT2D eigenvalue weighted by Gasteiger charge is 2.19. The Morgan fingerprint density at radius 2 is 1.87 bits per heavy atom. The summed E-state index contributed by atoms with van der Waals surface area (Å²) in [6.07, 6.45) is -0.748. The quantitative estimate of drug-likeness (QED) is 0.487. The Morgan fingerprint density at radius 3 is 2.60 bits per heavy atom. The van der Waals surface area contributed by atoms with E-state index in [2.05, 4.69) is 15.4 Å². The first-order valence-electron chi connectivity index (χ1n) is 9.58. The second-order valence-electron chi connectivity index (χ2n) is 7.07. The van der Waals surface area contributed by atoms with E-state index in [1.54, 1.807) is 35.9 Å². The molecule has 6 nitrogen and oxygen atoms in total. The van der Waals surface area contributed by atoms with Gasteiger partial charge >= 0.3 is 0 Å². The number of carbonyl (C=O) groups is 1. The third-order valence-corrected chi connectivity index (χ3v) is 4.98. The number of benzene rings is 2. The number of aryl methyl sites for hydroxylation is 2. The van der Waals surface area contributed by atoms with Gasteiger partial charge in [0.25, 0.3) is 5.91 Å². The van der Waals surface area contributed by atoms with Crippen molar-refractivity contribution in [1.29, 1.82) is 0 Å². The van der Waals surface area contributed by atoms with E-state index in [4.69, 9.17) is 16.3 Å². The normalized spacial score (nSPS) is 12.0. The first-order valence-corrected chi connectivity index (χ1v) is 9.95. The van der Waals surface area contributed by atoms with Crippen molar-refractivity contribution in [1.82, 2.24) is 14.8 Å². The van der Waals surface area contributed by atoms with Crippen LogP contribution < -0.4 is 10.1 Å². The lowest BCUT2D eigenvalue weighted by molar-refractivity contribution is -0.122. The SMILES string of the molecule is Cc1cc(OC(C)C(=O)Nc2cccc(Cl)c2)nc2c1c(C)nn2-c1ccccc1. The van der Waals surface area contributed by atoms with Crippen molar-refractivity contribution in [3.63, 3.8) is 0 Å². The molecule has 0 saturated heterocycles. The molecule has 0 radical (unpaired) electrons. The Morgan fingerprint density at radius 1 is 1.10 bits per heavy atom. The number of hydrogen-bond donors (Lipinski definition) is 1. The topological polar surface area (TPSA) is 69.0 Å². The number of rotatable bonds is 5. The van der Waals surface area contributed by atoms with E-state index in [1.807, 2.05) is 50.2 Å². The van der Waals surface area contributed by atoms with E-state index in [0.29, 0.717) is 22.2 Å². The largest absolute Gasteiger partial charge is 0.464 e. The predicted molar refractivity (Wildman–Crippen MR) is 119 cm³/mol. The lowest BCUT2D eigenvalue weighted by Crippen LogP contribution is -2.30. The van der Waals surface area contributed by atoms with Gasteiger partial charge in [-0.2, -0.15) is 10.1 Å². The Hall–Kier alpha value is -3.38. The molecule has 30 heavy (non-hydrogen) atoms. The molecular formula is C23H21ClN4O2. The molecule has 2 aromatic heterocycles. The molecule has 0 bridgehead atoms. The van der Waals surface area contributed by atoms with Gasteiger partial charge in [0.15, 0.2) is 11.8 Å². The molecule has 0 aliphatic carbocycles. The van der Waals surface area contributed by atoms with Crippen LogP contribution in [0.25, 0.3) is 16.7 Å². The fraction of sp³-hybridized carbons (Fsp3) is 0.174. The van der Waals surface area contributed by atoms with Gasteiger partial charge in [-0.3, -0.25) is 4.79 Å². The van der Waals surface area contributed by atoms with Crippen molar-refractivity contribution >= 4 is 34.2 Å². The molecule has 0 fully saturated rings. The number of ether oxygens (including phenoxy) is 1. The van der Waals surface area contributed by atoms with Crippen LogP contribution in [-0.2, 0) is 4.79 Å². The van der Waals surface area contributed by atoms with Gasteiger partial charge < -0.3 is 10.1 Å². The highest BCUT2D eigenvalue weighted by atomic mass is 35.5. The molecule has 0 aliphatic rings. The summed E-state index contributed by atoms with van der Waals surface area (Å²) in [4.78, 5) is 17.2. The molecule has 4 rings (SSSR count). The Labute approximate surface area is 179 Å². The van der Waals surface area contributed by atoms with Crippen LogP contribution in [0.4, 0.5) is 5.69 Å². The molecule has 1 amide bonds. The smallest absolute Gasteiger partial charge is 0.265 e. The van der Waals surface area contributed by atoms with Gasteiger partial charge in [0, 0.05) is 22.2 Å². The van der Waals surface area contributed by atoms with E-state index >= 15 is 0 Å². The number of para-hydroxylation sites is 1. The summed E-state index contributed by atoms with van der Waals surface area (Å²) in [7, 11) is 0. The number of nitrogens with zero attached hydrogens (tertiary/aromatic N) is 3. The van der Waals surface area contributed by atoms with Crippen molar-refractivity contribution in [3.8, 4) is 11.6 Å². The number of hydrogen-bond acceptors (Lipinski definition) is 4. The molecule has 2 aromatic carbocycles. The Bertz CT molecular complexity index is 1220. The van der Waals surface area contributed by atoms with E-state index in [1.165, 1.54) is 0 Å². The summed E-state index contributed by atoms with van der Waals surface area (Å²) in [6.45, 7) is 5.62. The van der Waals surface area contributed by atoms with Crippen molar-refractivity contribution in [3.05, 3.63) is 76.9 Å². The van der Waals surface area contributed by atoms with E-state index in [0.717, 1.165) is 22.3 Å². The van der Waals surface area contributed by atoms with E-state index < -0.39 is 6.10 Å². The summed E-state index contributed by atoms with van der Waals surface area (Å²) >= 11 is 5.98. The molecule has 1 atom stereocenters. The maximum absolute atomic E-state index is 12.5. The molecule has 7 heteroatoms. The van der Waals surface area contributed by atoms with Crippen LogP contribution in [0.15, 0.2) is 60.7 Å². The van der Waals surface area contributed by atoms with Crippen LogP contribution >= 0.6 is 11.6 Å². The zero-order valence-electron chi connectivity index (χ0n) is 16.9. The third kappa shape index (κ3) is 4.00. The number of amides is 1. The maximum Gasteiger partial charge on any atom is 0.265 e. The molecule has 0 saturated carbocycles. The molecule has 0 spiro atoms. The van der Waals surface area contributed by atoms with Gasteiger partial charge in [-0.15, -0.1) is 0 Å². The number of anilines is 1. The van der Waals surface area contributed by atoms with Gasteiger partial charge in [0.2, 0.25) is 5.88 Å². The third-order valence-electron chi connectivity index (χ3n) is 4.75. The molecule has 4 aromatic rings.